The Bertz CT molecular complexity index is 1170. The number of aromatic nitrogens is 4. The van der Waals surface area contributed by atoms with Crippen molar-refractivity contribution in [1.29, 1.82) is 0 Å². The van der Waals surface area contributed by atoms with Gasteiger partial charge in [0.15, 0.2) is 0 Å². The molecule has 2 aromatic heterocycles. The molecule has 0 atom stereocenters. The molecule has 1 fully saturated rings. The Kier molecular flexibility index (Phi) is 5.04. The zero-order valence-electron chi connectivity index (χ0n) is 16.5. The minimum absolute atomic E-state index is 0.160. The highest BCUT2D eigenvalue weighted by molar-refractivity contribution is 5.89. The normalized spacial score (nSPS) is 14.8. The predicted molar refractivity (Wildman–Crippen MR) is 117 cm³/mol. The number of anilines is 1. The summed E-state index contributed by atoms with van der Waals surface area (Å²) < 4.78 is 5.48. The lowest BCUT2D eigenvalue weighted by molar-refractivity contribution is 0.0343. The van der Waals surface area contributed by atoms with E-state index in [2.05, 4.69) is 37.2 Å². The summed E-state index contributed by atoms with van der Waals surface area (Å²) in [5.41, 5.74) is 11.4. The van der Waals surface area contributed by atoms with E-state index in [4.69, 9.17) is 10.5 Å². The molecule has 0 aliphatic carbocycles. The van der Waals surface area contributed by atoms with Crippen LogP contribution in [-0.4, -0.2) is 51.4 Å². The monoisotopic (exact) mass is 398 g/mol. The molecule has 1 aliphatic rings. The highest BCUT2D eigenvalue weighted by Gasteiger charge is 2.16. The second-order valence-electron chi connectivity index (χ2n) is 7.32. The lowest BCUT2D eigenvalue weighted by Crippen LogP contribution is -2.35. The smallest absolute Gasteiger partial charge is 0.240 e. The van der Waals surface area contributed by atoms with E-state index in [9.17, 15) is 0 Å². The van der Waals surface area contributed by atoms with Gasteiger partial charge in [0.05, 0.1) is 18.7 Å². The zero-order valence-corrected chi connectivity index (χ0v) is 16.5. The minimum atomic E-state index is 0.160. The first-order valence-electron chi connectivity index (χ1n) is 10.0. The molecule has 0 bridgehead atoms. The lowest BCUT2D eigenvalue weighted by Gasteiger charge is -2.27. The fourth-order valence-corrected chi connectivity index (χ4v) is 3.82. The van der Waals surface area contributed by atoms with Crippen molar-refractivity contribution in [2.45, 2.75) is 6.54 Å². The van der Waals surface area contributed by atoms with E-state index in [0.29, 0.717) is 5.69 Å². The van der Waals surface area contributed by atoms with Crippen LogP contribution in [0.3, 0.4) is 0 Å². The summed E-state index contributed by atoms with van der Waals surface area (Å²) in [4.78, 5) is 11.4. The van der Waals surface area contributed by atoms with Gasteiger partial charge in [-0.1, -0.05) is 36.4 Å². The van der Waals surface area contributed by atoms with Gasteiger partial charge in [0.2, 0.25) is 5.95 Å². The molecule has 7 heteroatoms. The quantitative estimate of drug-likeness (QED) is 0.565. The highest BCUT2D eigenvalue weighted by Crippen LogP contribution is 2.31. The topological polar surface area (TPSA) is 90.0 Å². The SMILES string of the molecule is Nc1nnc(-c2ccc3nccc(CN4CCOCC4)c3c2)c(-c2ccccc2)n1. The third-order valence-corrected chi connectivity index (χ3v) is 5.35. The maximum absolute atomic E-state index is 5.85. The number of hydrogen-bond acceptors (Lipinski definition) is 7. The molecule has 2 N–H and O–H groups in total. The number of ether oxygens (including phenoxy) is 1. The van der Waals surface area contributed by atoms with Crippen LogP contribution >= 0.6 is 0 Å². The Balaban J connectivity index is 1.60. The highest BCUT2D eigenvalue weighted by atomic mass is 16.5. The standard InChI is InChI=1S/C23H22N6O/c24-23-26-21(16-4-2-1-3-5-16)22(27-28-23)17-6-7-20-19(14-17)18(8-9-25-20)15-29-10-12-30-13-11-29/h1-9,14H,10-13,15H2,(H2,24,26,28). The van der Waals surface area contributed by atoms with E-state index < -0.39 is 0 Å². The van der Waals surface area contributed by atoms with Crippen molar-refractivity contribution in [3.05, 3.63) is 66.4 Å². The molecule has 0 spiro atoms. The molecule has 5 rings (SSSR count). The number of nitrogens with two attached hydrogens (primary N) is 1. The summed E-state index contributed by atoms with van der Waals surface area (Å²) in [5, 5.41) is 9.52. The fourth-order valence-electron chi connectivity index (χ4n) is 3.82. The molecule has 3 heterocycles. The van der Waals surface area contributed by atoms with E-state index >= 15 is 0 Å². The number of benzene rings is 2. The van der Waals surface area contributed by atoms with Crippen LogP contribution in [0.4, 0.5) is 5.95 Å². The van der Waals surface area contributed by atoms with Gasteiger partial charge in [0, 0.05) is 42.3 Å². The van der Waals surface area contributed by atoms with Gasteiger partial charge >= 0.3 is 0 Å². The van der Waals surface area contributed by atoms with Gasteiger partial charge in [0.1, 0.15) is 11.4 Å². The molecule has 1 saturated heterocycles. The van der Waals surface area contributed by atoms with E-state index in [0.717, 1.165) is 60.6 Å². The molecule has 0 amide bonds. The molecule has 1 aliphatic heterocycles. The van der Waals surface area contributed by atoms with E-state index in [1.807, 2.05) is 48.7 Å². The molecule has 0 radical (unpaired) electrons. The third-order valence-electron chi connectivity index (χ3n) is 5.35. The summed E-state index contributed by atoms with van der Waals surface area (Å²) in [6.07, 6.45) is 1.87. The molecule has 2 aromatic carbocycles. The lowest BCUT2D eigenvalue weighted by atomic mass is 10.0. The molecule has 150 valence electrons. The molecular weight excluding hydrogens is 376 g/mol. The van der Waals surface area contributed by atoms with Crippen LogP contribution < -0.4 is 5.73 Å². The first-order chi connectivity index (χ1) is 14.8. The van der Waals surface area contributed by atoms with Crippen molar-refractivity contribution in [3.63, 3.8) is 0 Å². The van der Waals surface area contributed by atoms with E-state index in [-0.39, 0.29) is 5.95 Å². The molecule has 7 nitrogen and oxygen atoms in total. The number of morpholine rings is 1. The average molecular weight is 398 g/mol. The third kappa shape index (κ3) is 3.72. The Labute approximate surface area is 174 Å². The van der Waals surface area contributed by atoms with Gasteiger partial charge in [-0.05, 0) is 23.8 Å². The molecule has 0 unspecified atom stereocenters. The summed E-state index contributed by atoms with van der Waals surface area (Å²) >= 11 is 0. The maximum Gasteiger partial charge on any atom is 0.240 e. The first kappa shape index (κ1) is 18.6. The summed E-state index contributed by atoms with van der Waals surface area (Å²) in [5.74, 6) is 0.160. The predicted octanol–water partition coefficient (Wildman–Crippen LogP) is 3.17. The van der Waals surface area contributed by atoms with Crippen LogP contribution in [-0.2, 0) is 11.3 Å². The number of nitrogen functional groups attached to an aromatic ring is 1. The van der Waals surface area contributed by atoms with Gasteiger partial charge < -0.3 is 10.5 Å². The van der Waals surface area contributed by atoms with Crippen molar-refractivity contribution >= 4 is 16.9 Å². The van der Waals surface area contributed by atoms with Crippen LogP contribution in [0.2, 0.25) is 0 Å². The molecule has 30 heavy (non-hydrogen) atoms. The number of nitrogens with zero attached hydrogens (tertiary/aromatic N) is 5. The number of pyridine rings is 1. The minimum Gasteiger partial charge on any atom is -0.379 e. The first-order valence-corrected chi connectivity index (χ1v) is 10.0. The van der Waals surface area contributed by atoms with Crippen molar-refractivity contribution in [3.8, 4) is 22.5 Å². The van der Waals surface area contributed by atoms with Crippen molar-refractivity contribution in [1.82, 2.24) is 25.1 Å². The van der Waals surface area contributed by atoms with Gasteiger partial charge in [-0.3, -0.25) is 9.88 Å². The van der Waals surface area contributed by atoms with Gasteiger partial charge in [-0.15, -0.1) is 10.2 Å². The summed E-state index contributed by atoms with van der Waals surface area (Å²) in [6.45, 7) is 4.30. The van der Waals surface area contributed by atoms with Crippen molar-refractivity contribution in [2.24, 2.45) is 0 Å². The average Bonchev–Trinajstić information content (AvgIpc) is 2.80. The largest absolute Gasteiger partial charge is 0.379 e. The van der Waals surface area contributed by atoms with Gasteiger partial charge in [0.25, 0.3) is 0 Å². The zero-order chi connectivity index (χ0) is 20.3. The molecular formula is C23H22N6O. The number of rotatable bonds is 4. The maximum atomic E-state index is 5.85. The van der Waals surface area contributed by atoms with Gasteiger partial charge in [-0.2, -0.15) is 0 Å². The number of fused-ring (bicyclic) bond motifs is 1. The molecule has 0 saturated carbocycles. The Morgan fingerprint density at radius 1 is 0.900 bits per heavy atom. The Morgan fingerprint density at radius 2 is 1.73 bits per heavy atom. The van der Waals surface area contributed by atoms with Gasteiger partial charge in [-0.25, -0.2) is 4.98 Å². The van der Waals surface area contributed by atoms with Crippen LogP contribution in [0.15, 0.2) is 60.8 Å². The Hall–Kier alpha value is -3.42. The fraction of sp³-hybridized carbons (Fsp3) is 0.217. The number of hydrogen-bond donors (Lipinski definition) is 1. The van der Waals surface area contributed by atoms with Crippen LogP contribution in [0.25, 0.3) is 33.4 Å². The molecule has 4 aromatic rings. The second kappa shape index (κ2) is 8.14. The second-order valence-corrected chi connectivity index (χ2v) is 7.32. The summed E-state index contributed by atoms with van der Waals surface area (Å²) in [6, 6.07) is 18.2. The van der Waals surface area contributed by atoms with E-state index in [1.165, 1.54) is 5.56 Å². The van der Waals surface area contributed by atoms with Crippen LogP contribution in [0.5, 0.6) is 0 Å². The van der Waals surface area contributed by atoms with Crippen LogP contribution in [0, 0.1) is 0 Å². The summed E-state index contributed by atoms with van der Waals surface area (Å²) in [7, 11) is 0. The van der Waals surface area contributed by atoms with Crippen molar-refractivity contribution in [2.75, 3.05) is 32.0 Å². The van der Waals surface area contributed by atoms with Crippen LogP contribution in [0.1, 0.15) is 5.56 Å². The Morgan fingerprint density at radius 3 is 2.57 bits per heavy atom. The van der Waals surface area contributed by atoms with E-state index in [1.54, 1.807) is 0 Å². The van der Waals surface area contributed by atoms with Crippen molar-refractivity contribution < 1.29 is 4.74 Å².